The van der Waals surface area contributed by atoms with Crippen molar-refractivity contribution in [1.82, 2.24) is 34.3 Å². The molecule has 1 amide bonds. The first-order valence-corrected chi connectivity index (χ1v) is 12.6. The zero-order valence-corrected chi connectivity index (χ0v) is 22.0. The van der Waals surface area contributed by atoms with Crippen LogP contribution < -0.4 is 16.6 Å². The number of rotatable bonds is 4. The summed E-state index contributed by atoms with van der Waals surface area (Å²) in [6.45, 7) is 1.75. The molecular weight excluding hydrogens is 523 g/mol. The van der Waals surface area contributed by atoms with E-state index >= 15 is 0 Å². The Morgan fingerprint density at radius 3 is 2.68 bits per heavy atom. The molecule has 4 aromatic heterocycles. The van der Waals surface area contributed by atoms with Gasteiger partial charge in [0.15, 0.2) is 11.5 Å². The van der Waals surface area contributed by atoms with Gasteiger partial charge in [-0.05, 0) is 54.8 Å². The maximum absolute atomic E-state index is 14.1. The van der Waals surface area contributed by atoms with Crippen molar-refractivity contribution in [3.8, 4) is 17.5 Å². The fraction of sp³-hybridized carbons (Fsp3) is 0.100. The van der Waals surface area contributed by atoms with Crippen molar-refractivity contribution in [3.05, 3.63) is 118 Å². The standard InChI is InChI=1S/C30H23FN8O2/c1-18(35-29(40)26-27(32)36-38-14-4-13-33-28(26)38)24-15-21-6-3-5-20(8-7-19-16-34-37(2)17-19)25(21)30(41)39(24)23-11-9-22(31)10-12-23/h3-6,9-18H,1-2H3,(H2,32,36)(H,35,40)/t18-/m1/s1. The van der Waals surface area contributed by atoms with Gasteiger partial charge in [-0.1, -0.05) is 24.0 Å². The molecule has 0 aliphatic rings. The molecule has 202 valence electrons. The molecule has 10 nitrogen and oxygen atoms in total. The highest BCUT2D eigenvalue weighted by molar-refractivity contribution is 6.04. The Morgan fingerprint density at radius 2 is 1.93 bits per heavy atom. The van der Waals surface area contributed by atoms with Crippen LogP contribution in [0.25, 0.3) is 22.1 Å². The van der Waals surface area contributed by atoms with Gasteiger partial charge < -0.3 is 11.1 Å². The first kappa shape index (κ1) is 25.5. The number of amides is 1. The number of nitrogen functional groups attached to an aromatic ring is 1. The minimum absolute atomic E-state index is 0.0275. The predicted octanol–water partition coefficient (Wildman–Crippen LogP) is 3.38. The second-order valence-corrected chi connectivity index (χ2v) is 9.45. The minimum Gasteiger partial charge on any atom is -0.381 e. The third kappa shape index (κ3) is 4.68. The van der Waals surface area contributed by atoms with Crippen LogP contribution in [0.1, 0.15) is 40.1 Å². The lowest BCUT2D eigenvalue weighted by Crippen LogP contribution is -2.32. The maximum atomic E-state index is 14.1. The third-order valence-corrected chi connectivity index (χ3v) is 6.65. The molecule has 0 bridgehead atoms. The topological polar surface area (TPSA) is 125 Å². The number of carbonyl (C=O) groups excluding carboxylic acids is 1. The molecule has 6 aromatic rings. The zero-order valence-electron chi connectivity index (χ0n) is 22.0. The van der Waals surface area contributed by atoms with E-state index in [1.807, 2.05) is 18.2 Å². The number of aromatic nitrogens is 6. The monoisotopic (exact) mass is 546 g/mol. The van der Waals surface area contributed by atoms with Crippen LogP contribution in [0.4, 0.5) is 10.2 Å². The highest BCUT2D eigenvalue weighted by atomic mass is 19.1. The average Bonchev–Trinajstić information content (AvgIpc) is 3.53. The number of hydrogen-bond donors (Lipinski definition) is 2. The Kier molecular flexibility index (Phi) is 6.28. The molecule has 3 N–H and O–H groups in total. The Labute approximate surface area is 232 Å². The van der Waals surface area contributed by atoms with Gasteiger partial charge in [0.05, 0.1) is 23.2 Å². The number of carbonyl (C=O) groups is 1. The lowest BCUT2D eigenvalue weighted by atomic mass is 10.0. The fourth-order valence-corrected chi connectivity index (χ4v) is 4.75. The van der Waals surface area contributed by atoms with Crippen LogP contribution in [0.15, 0.2) is 84.2 Å². The maximum Gasteiger partial charge on any atom is 0.264 e. The number of halogens is 1. The van der Waals surface area contributed by atoms with Crippen molar-refractivity contribution in [1.29, 1.82) is 0 Å². The lowest BCUT2D eigenvalue weighted by Gasteiger charge is -2.21. The Balaban J connectivity index is 1.49. The summed E-state index contributed by atoms with van der Waals surface area (Å²) in [5, 5.41) is 12.2. The van der Waals surface area contributed by atoms with Crippen molar-refractivity contribution in [2.75, 3.05) is 5.73 Å². The summed E-state index contributed by atoms with van der Waals surface area (Å²) in [6.07, 6.45) is 6.61. The molecular formula is C30H23FN8O2. The quantitative estimate of drug-likeness (QED) is 0.327. The fourth-order valence-electron chi connectivity index (χ4n) is 4.75. The van der Waals surface area contributed by atoms with Gasteiger partial charge in [0.1, 0.15) is 11.4 Å². The van der Waals surface area contributed by atoms with Crippen molar-refractivity contribution >= 4 is 28.1 Å². The first-order valence-electron chi connectivity index (χ1n) is 12.6. The highest BCUT2D eigenvalue weighted by Gasteiger charge is 2.24. The number of benzene rings is 2. The van der Waals surface area contributed by atoms with Gasteiger partial charge in [-0.15, -0.1) is 5.10 Å². The van der Waals surface area contributed by atoms with Gasteiger partial charge in [-0.2, -0.15) is 5.10 Å². The summed E-state index contributed by atoms with van der Waals surface area (Å²) in [6, 6.07) is 13.8. The van der Waals surface area contributed by atoms with E-state index in [9.17, 15) is 14.0 Å². The number of fused-ring (bicyclic) bond motifs is 2. The molecule has 41 heavy (non-hydrogen) atoms. The van der Waals surface area contributed by atoms with E-state index in [0.717, 1.165) is 0 Å². The second-order valence-electron chi connectivity index (χ2n) is 9.45. The number of nitrogens with two attached hydrogens (primary N) is 1. The largest absolute Gasteiger partial charge is 0.381 e. The van der Waals surface area contributed by atoms with E-state index in [1.165, 1.54) is 33.3 Å². The average molecular weight is 547 g/mol. The molecule has 0 aliphatic heterocycles. The molecule has 0 spiro atoms. The number of hydrogen-bond acceptors (Lipinski definition) is 6. The normalized spacial score (nSPS) is 11.8. The molecule has 0 fully saturated rings. The molecule has 0 saturated carbocycles. The smallest absolute Gasteiger partial charge is 0.264 e. The van der Waals surface area contributed by atoms with E-state index in [2.05, 4.69) is 32.3 Å². The van der Waals surface area contributed by atoms with Crippen LogP contribution in [-0.2, 0) is 7.05 Å². The summed E-state index contributed by atoms with van der Waals surface area (Å²) >= 11 is 0. The van der Waals surface area contributed by atoms with Crippen LogP contribution in [0.3, 0.4) is 0 Å². The Hall–Kier alpha value is -5.76. The molecule has 11 heteroatoms. The summed E-state index contributed by atoms with van der Waals surface area (Å²) < 4.78 is 18.4. The third-order valence-electron chi connectivity index (χ3n) is 6.65. The molecule has 0 unspecified atom stereocenters. The van der Waals surface area contributed by atoms with Gasteiger partial charge in [-0.25, -0.2) is 13.9 Å². The summed E-state index contributed by atoms with van der Waals surface area (Å²) in [7, 11) is 1.80. The number of nitrogens with one attached hydrogen (secondary N) is 1. The molecule has 0 aliphatic carbocycles. The highest BCUT2D eigenvalue weighted by Crippen LogP contribution is 2.25. The van der Waals surface area contributed by atoms with Crippen LogP contribution in [0, 0.1) is 17.7 Å². The SMILES string of the molecule is C[C@@H](NC(=O)c1c(N)nn2cccnc12)c1cc2cccc(C#Cc3cnn(C)c3)c2c(=O)n1-c1ccc(F)cc1. The van der Waals surface area contributed by atoms with Crippen molar-refractivity contribution in [3.63, 3.8) is 0 Å². The first-order chi connectivity index (χ1) is 19.8. The number of pyridine rings is 1. The summed E-state index contributed by atoms with van der Waals surface area (Å²) in [5.74, 6) is 5.23. The zero-order chi connectivity index (χ0) is 28.7. The van der Waals surface area contributed by atoms with E-state index in [0.29, 0.717) is 38.9 Å². The molecule has 0 radical (unpaired) electrons. The van der Waals surface area contributed by atoms with Crippen molar-refractivity contribution in [2.24, 2.45) is 7.05 Å². The van der Waals surface area contributed by atoms with Crippen molar-refractivity contribution < 1.29 is 9.18 Å². The van der Waals surface area contributed by atoms with Gasteiger partial charge in [-0.3, -0.25) is 18.8 Å². The number of anilines is 1. The Morgan fingerprint density at radius 1 is 1.12 bits per heavy atom. The minimum atomic E-state index is -0.673. The van der Waals surface area contributed by atoms with E-state index in [4.69, 9.17) is 5.73 Å². The molecule has 4 heterocycles. The summed E-state index contributed by atoms with van der Waals surface area (Å²) in [5.41, 5.74) is 8.26. The molecule has 1 atom stereocenters. The van der Waals surface area contributed by atoms with Crippen molar-refractivity contribution in [2.45, 2.75) is 13.0 Å². The molecule has 2 aromatic carbocycles. The van der Waals surface area contributed by atoms with E-state index in [-0.39, 0.29) is 16.9 Å². The van der Waals surface area contributed by atoms with Gasteiger partial charge in [0.25, 0.3) is 11.5 Å². The van der Waals surface area contributed by atoms with Crippen LogP contribution in [0.5, 0.6) is 0 Å². The number of nitrogens with zero attached hydrogens (tertiary/aromatic N) is 6. The Bertz CT molecular complexity index is 2080. The lowest BCUT2D eigenvalue weighted by molar-refractivity contribution is 0.0941. The van der Waals surface area contributed by atoms with Crippen LogP contribution in [0.2, 0.25) is 0 Å². The second kappa shape index (κ2) is 10.1. The molecule has 0 saturated heterocycles. The van der Waals surface area contributed by atoms with Gasteiger partial charge in [0.2, 0.25) is 0 Å². The van der Waals surface area contributed by atoms with E-state index in [1.54, 1.807) is 55.6 Å². The predicted molar refractivity (Wildman–Crippen MR) is 152 cm³/mol. The van der Waals surface area contributed by atoms with Gasteiger partial charge in [0, 0.05) is 42.6 Å². The van der Waals surface area contributed by atoms with Gasteiger partial charge >= 0.3 is 0 Å². The van der Waals surface area contributed by atoms with Crippen LogP contribution >= 0.6 is 0 Å². The molecule has 6 rings (SSSR count). The number of aryl methyl sites for hydroxylation is 1. The van der Waals surface area contributed by atoms with Crippen LogP contribution in [-0.4, -0.2) is 34.9 Å². The van der Waals surface area contributed by atoms with E-state index < -0.39 is 17.8 Å². The summed E-state index contributed by atoms with van der Waals surface area (Å²) in [4.78, 5) is 31.8.